The molecule has 0 radical (unpaired) electrons. The molecule has 30 heavy (non-hydrogen) atoms. The number of carbonyl (C=O) groups excluding carboxylic acids is 1. The second-order valence-electron chi connectivity index (χ2n) is 7.55. The maximum atomic E-state index is 12.4. The van der Waals surface area contributed by atoms with Crippen LogP contribution in [0.3, 0.4) is 0 Å². The number of amides is 1. The zero-order valence-corrected chi connectivity index (χ0v) is 18.1. The Morgan fingerprint density at radius 3 is 2.20 bits per heavy atom. The van der Waals surface area contributed by atoms with Gasteiger partial charge in [-0.2, -0.15) is 10.2 Å². The SMILES string of the molecule is Cc1cc(C)c(OCC(=O)Nc2ccc(N=Nc3ccccc3C)cc2C)c(C)c1. The number of hydrogen-bond donors (Lipinski definition) is 1. The first-order chi connectivity index (χ1) is 14.3. The Morgan fingerprint density at radius 1 is 0.833 bits per heavy atom. The minimum Gasteiger partial charge on any atom is -0.483 e. The van der Waals surface area contributed by atoms with E-state index in [2.05, 4.69) is 27.7 Å². The molecule has 0 saturated carbocycles. The smallest absolute Gasteiger partial charge is 0.262 e. The van der Waals surface area contributed by atoms with Crippen LogP contribution in [-0.4, -0.2) is 12.5 Å². The highest BCUT2D eigenvalue weighted by Gasteiger charge is 2.10. The van der Waals surface area contributed by atoms with E-state index in [-0.39, 0.29) is 12.5 Å². The van der Waals surface area contributed by atoms with Gasteiger partial charge >= 0.3 is 0 Å². The Kier molecular flexibility index (Phi) is 6.62. The molecule has 1 amide bonds. The first-order valence-corrected chi connectivity index (χ1v) is 9.92. The molecule has 0 fully saturated rings. The van der Waals surface area contributed by atoms with Crippen LogP contribution in [-0.2, 0) is 4.79 Å². The molecule has 0 saturated heterocycles. The summed E-state index contributed by atoms with van der Waals surface area (Å²) in [5, 5.41) is 11.5. The zero-order valence-electron chi connectivity index (χ0n) is 18.1. The summed E-state index contributed by atoms with van der Waals surface area (Å²) >= 11 is 0. The lowest BCUT2D eigenvalue weighted by Crippen LogP contribution is -2.21. The van der Waals surface area contributed by atoms with Crippen LogP contribution in [0.25, 0.3) is 0 Å². The van der Waals surface area contributed by atoms with Crippen LogP contribution in [0.15, 0.2) is 64.8 Å². The van der Waals surface area contributed by atoms with Crippen LogP contribution in [0.2, 0.25) is 0 Å². The molecule has 0 bridgehead atoms. The summed E-state index contributed by atoms with van der Waals surface area (Å²) in [6.07, 6.45) is 0. The van der Waals surface area contributed by atoms with E-state index in [4.69, 9.17) is 4.74 Å². The minimum absolute atomic E-state index is 0.0427. The number of benzene rings is 3. The first kappa shape index (κ1) is 21.2. The van der Waals surface area contributed by atoms with Crippen molar-refractivity contribution in [2.24, 2.45) is 10.2 Å². The molecule has 3 aromatic rings. The molecule has 0 aliphatic carbocycles. The van der Waals surface area contributed by atoms with Gasteiger partial charge in [-0.25, -0.2) is 0 Å². The van der Waals surface area contributed by atoms with Crippen molar-refractivity contribution in [3.63, 3.8) is 0 Å². The minimum atomic E-state index is -0.202. The number of carbonyl (C=O) groups is 1. The third-order valence-electron chi connectivity index (χ3n) is 4.83. The molecular formula is C25H27N3O2. The molecule has 3 rings (SSSR count). The number of rotatable bonds is 6. The average Bonchev–Trinajstić information content (AvgIpc) is 2.68. The van der Waals surface area contributed by atoms with E-state index in [1.54, 1.807) is 0 Å². The summed E-state index contributed by atoms with van der Waals surface area (Å²) in [7, 11) is 0. The maximum absolute atomic E-state index is 12.4. The fraction of sp³-hybridized carbons (Fsp3) is 0.240. The molecule has 0 unspecified atom stereocenters. The molecule has 5 nitrogen and oxygen atoms in total. The lowest BCUT2D eigenvalue weighted by atomic mass is 10.1. The number of nitrogens with one attached hydrogen (secondary N) is 1. The van der Waals surface area contributed by atoms with Gasteiger partial charge in [-0.3, -0.25) is 4.79 Å². The summed E-state index contributed by atoms with van der Waals surface area (Å²) in [5.74, 6) is 0.561. The number of nitrogens with zero attached hydrogens (tertiary/aromatic N) is 2. The first-order valence-electron chi connectivity index (χ1n) is 9.92. The Bertz CT molecular complexity index is 1080. The van der Waals surface area contributed by atoms with Gasteiger partial charge in [0, 0.05) is 5.69 Å². The maximum Gasteiger partial charge on any atom is 0.262 e. The Morgan fingerprint density at radius 2 is 1.53 bits per heavy atom. The van der Waals surface area contributed by atoms with Crippen LogP contribution in [0.1, 0.15) is 27.8 Å². The third kappa shape index (κ3) is 5.32. The lowest BCUT2D eigenvalue weighted by Gasteiger charge is -2.14. The van der Waals surface area contributed by atoms with E-state index in [1.807, 2.05) is 77.1 Å². The molecule has 5 heteroatoms. The van der Waals surface area contributed by atoms with Crippen molar-refractivity contribution < 1.29 is 9.53 Å². The molecule has 0 aromatic heterocycles. The Labute approximate surface area is 177 Å². The highest BCUT2D eigenvalue weighted by atomic mass is 16.5. The summed E-state index contributed by atoms with van der Waals surface area (Å²) in [4.78, 5) is 12.4. The van der Waals surface area contributed by atoms with Crippen molar-refractivity contribution in [2.75, 3.05) is 11.9 Å². The van der Waals surface area contributed by atoms with Crippen molar-refractivity contribution in [3.05, 3.63) is 82.4 Å². The summed E-state index contributed by atoms with van der Waals surface area (Å²) in [5.41, 5.74) is 7.52. The lowest BCUT2D eigenvalue weighted by molar-refractivity contribution is -0.118. The highest BCUT2D eigenvalue weighted by Crippen LogP contribution is 2.26. The van der Waals surface area contributed by atoms with E-state index in [9.17, 15) is 4.79 Å². The van der Waals surface area contributed by atoms with Gasteiger partial charge in [-0.1, -0.05) is 35.9 Å². The Balaban J connectivity index is 1.63. The number of azo groups is 1. The molecule has 0 aliphatic heterocycles. The van der Waals surface area contributed by atoms with Gasteiger partial charge in [0.25, 0.3) is 5.91 Å². The van der Waals surface area contributed by atoms with Gasteiger partial charge in [0.05, 0.1) is 11.4 Å². The van der Waals surface area contributed by atoms with Gasteiger partial charge in [0.15, 0.2) is 6.61 Å². The van der Waals surface area contributed by atoms with E-state index >= 15 is 0 Å². The number of hydrogen-bond acceptors (Lipinski definition) is 4. The Hall–Kier alpha value is -3.47. The zero-order chi connectivity index (χ0) is 21.7. The monoisotopic (exact) mass is 401 g/mol. The molecular weight excluding hydrogens is 374 g/mol. The topological polar surface area (TPSA) is 63.0 Å². The van der Waals surface area contributed by atoms with Crippen molar-refractivity contribution in [2.45, 2.75) is 34.6 Å². The van der Waals surface area contributed by atoms with Crippen LogP contribution in [0.4, 0.5) is 17.1 Å². The normalized spacial score (nSPS) is 11.0. The van der Waals surface area contributed by atoms with Gasteiger partial charge < -0.3 is 10.1 Å². The number of anilines is 1. The fourth-order valence-electron chi connectivity index (χ4n) is 3.36. The second-order valence-corrected chi connectivity index (χ2v) is 7.55. The largest absolute Gasteiger partial charge is 0.483 e. The molecule has 1 N–H and O–H groups in total. The molecule has 154 valence electrons. The quantitative estimate of drug-likeness (QED) is 0.469. The average molecular weight is 402 g/mol. The van der Waals surface area contributed by atoms with E-state index < -0.39 is 0 Å². The van der Waals surface area contributed by atoms with E-state index in [1.165, 1.54) is 5.56 Å². The van der Waals surface area contributed by atoms with Gasteiger partial charge in [-0.15, -0.1) is 0 Å². The highest BCUT2D eigenvalue weighted by molar-refractivity contribution is 5.92. The van der Waals surface area contributed by atoms with Crippen LogP contribution >= 0.6 is 0 Å². The van der Waals surface area contributed by atoms with E-state index in [0.29, 0.717) is 0 Å². The summed E-state index contributed by atoms with van der Waals surface area (Å²) < 4.78 is 5.77. The number of ether oxygens (including phenoxy) is 1. The third-order valence-corrected chi connectivity index (χ3v) is 4.83. The summed E-state index contributed by atoms with van der Waals surface area (Å²) in [6.45, 7) is 9.91. The van der Waals surface area contributed by atoms with E-state index in [0.717, 1.165) is 45.1 Å². The van der Waals surface area contributed by atoms with Crippen molar-refractivity contribution in [1.29, 1.82) is 0 Å². The van der Waals surface area contributed by atoms with Crippen LogP contribution < -0.4 is 10.1 Å². The van der Waals surface area contributed by atoms with Crippen molar-refractivity contribution >= 4 is 23.0 Å². The molecule has 0 atom stereocenters. The van der Waals surface area contributed by atoms with Crippen molar-refractivity contribution in [3.8, 4) is 5.75 Å². The van der Waals surface area contributed by atoms with Gasteiger partial charge in [-0.05, 0) is 81.1 Å². The van der Waals surface area contributed by atoms with Crippen molar-refractivity contribution in [1.82, 2.24) is 0 Å². The standard InChI is InChI=1S/C25H27N3O2/c1-16-12-19(4)25(20(5)13-16)30-15-24(29)26-22-11-10-21(14-18(22)3)27-28-23-9-7-6-8-17(23)2/h6-14H,15H2,1-5H3,(H,26,29). The second kappa shape index (κ2) is 9.35. The molecule has 0 heterocycles. The van der Waals surface area contributed by atoms with Crippen LogP contribution in [0.5, 0.6) is 5.75 Å². The van der Waals surface area contributed by atoms with Crippen LogP contribution in [0, 0.1) is 34.6 Å². The molecule has 0 aliphatic rings. The molecule has 3 aromatic carbocycles. The summed E-state index contributed by atoms with van der Waals surface area (Å²) in [6, 6.07) is 17.5. The molecule has 0 spiro atoms. The van der Waals surface area contributed by atoms with Gasteiger partial charge in [0.2, 0.25) is 0 Å². The van der Waals surface area contributed by atoms with Gasteiger partial charge in [0.1, 0.15) is 5.75 Å². The predicted molar refractivity (Wildman–Crippen MR) is 121 cm³/mol. The fourth-order valence-corrected chi connectivity index (χ4v) is 3.36. The number of aryl methyl sites for hydroxylation is 5. The predicted octanol–water partition coefficient (Wildman–Crippen LogP) is 6.66.